The minimum Gasteiger partial charge on any atom is -0.356 e. The van der Waals surface area contributed by atoms with E-state index in [9.17, 15) is 0 Å². The Balaban J connectivity index is 1.30. The van der Waals surface area contributed by atoms with Crippen molar-refractivity contribution in [1.82, 2.24) is 14.9 Å². The zero-order valence-corrected chi connectivity index (χ0v) is 19.3. The Morgan fingerprint density at radius 3 is 2.67 bits per heavy atom. The number of allylic oxidation sites excluding steroid dienone is 1. The van der Waals surface area contributed by atoms with Gasteiger partial charge in [-0.05, 0) is 67.7 Å². The summed E-state index contributed by atoms with van der Waals surface area (Å²) < 4.78 is 0. The Morgan fingerprint density at radius 1 is 1.06 bits per heavy atom. The van der Waals surface area contributed by atoms with E-state index in [1.54, 1.807) is 0 Å². The number of nitrogens with zero attached hydrogens (tertiary/aromatic N) is 5. The van der Waals surface area contributed by atoms with Crippen LogP contribution >= 0.6 is 0 Å². The van der Waals surface area contributed by atoms with Crippen molar-refractivity contribution in [3.05, 3.63) is 72.7 Å². The summed E-state index contributed by atoms with van der Waals surface area (Å²) in [6.07, 6.45) is 10.8. The van der Waals surface area contributed by atoms with Crippen LogP contribution in [0.1, 0.15) is 30.4 Å². The van der Waals surface area contributed by atoms with Gasteiger partial charge in [0.05, 0.1) is 0 Å². The lowest BCUT2D eigenvalue weighted by Crippen LogP contribution is -2.42. The van der Waals surface area contributed by atoms with E-state index in [2.05, 4.69) is 81.1 Å². The highest BCUT2D eigenvalue weighted by Crippen LogP contribution is 2.27. The number of piperidine rings is 1. The fraction of sp³-hybridized carbons (Fsp3) is 0.296. The van der Waals surface area contributed by atoms with Crippen LogP contribution < -0.4 is 10.2 Å². The number of nitrogens with one attached hydrogen (secondary N) is 1. The van der Waals surface area contributed by atoms with E-state index in [1.165, 1.54) is 11.1 Å². The molecule has 0 bridgehead atoms. The van der Waals surface area contributed by atoms with Crippen molar-refractivity contribution < 1.29 is 0 Å². The van der Waals surface area contributed by atoms with E-state index in [-0.39, 0.29) is 0 Å². The lowest BCUT2D eigenvalue weighted by molar-refractivity contribution is 0.249. The Morgan fingerprint density at radius 2 is 1.91 bits per heavy atom. The molecule has 168 valence electrons. The first-order valence-corrected chi connectivity index (χ1v) is 11.5. The van der Waals surface area contributed by atoms with Crippen molar-refractivity contribution >= 4 is 39.9 Å². The summed E-state index contributed by atoms with van der Waals surface area (Å²) in [6.45, 7) is 6.32. The maximum absolute atomic E-state index is 4.62. The number of benzene rings is 1. The first-order valence-electron chi connectivity index (χ1n) is 11.5. The highest BCUT2D eigenvalue weighted by Gasteiger charge is 2.21. The lowest BCUT2D eigenvalue weighted by Gasteiger charge is -2.36. The largest absolute Gasteiger partial charge is 0.356 e. The van der Waals surface area contributed by atoms with Gasteiger partial charge in [-0.3, -0.25) is 4.99 Å². The molecule has 2 aromatic heterocycles. The molecule has 1 aromatic carbocycles. The van der Waals surface area contributed by atoms with Crippen LogP contribution in [-0.4, -0.2) is 54.3 Å². The highest BCUT2D eigenvalue weighted by atomic mass is 15.2. The second kappa shape index (κ2) is 9.16. The zero-order valence-electron chi connectivity index (χ0n) is 19.3. The number of aromatic nitrogens is 2. The fourth-order valence-corrected chi connectivity index (χ4v) is 4.57. The van der Waals surface area contributed by atoms with Crippen molar-refractivity contribution in [2.24, 2.45) is 4.99 Å². The molecule has 2 aliphatic rings. The smallest absolute Gasteiger partial charge is 0.130 e. The third-order valence-corrected chi connectivity index (χ3v) is 6.63. The molecule has 0 spiro atoms. The van der Waals surface area contributed by atoms with Gasteiger partial charge < -0.3 is 15.1 Å². The molecular formula is C27H30N6. The summed E-state index contributed by atoms with van der Waals surface area (Å²) in [5.74, 6) is 1.79. The van der Waals surface area contributed by atoms with E-state index >= 15 is 0 Å². The van der Waals surface area contributed by atoms with Gasteiger partial charge in [0.1, 0.15) is 11.6 Å². The normalized spacial score (nSPS) is 16.5. The predicted octanol–water partition coefficient (Wildman–Crippen LogP) is 5.06. The molecule has 4 heterocycles. The van der Waals surface area contributed by atoms with Crippen molar-refractivity contribution in [3.8, 4) is 0 Å². The van der Waals surface area contributed by atoms with E-state index < -0.39 is 0 Å². The van der Waals surface area contributed by atoms with Gasteiger partial charge in [-0.1, -0.05) is 18.7 Å². The Bertz CT molecular complexity index is 1230. The molecule has 0 amide bonds. The predicted molar refractivity (Wildman–Crippen MR) is 139 cm³/mol. The van der Waals surface area contributed by atoms with Gasteiger partial charge >= 0.3 is 0 Å². The molecule has 0 aliphatic carbocycles. The molecule has 6 heteroatoms. The van der Waals surface area contributed by atoms with Crippen molar-refractivity contribution in [2.45, 2.75) is 25.3 Å². The van der Waals surface area contributed by atoms with Gasteiger partial charge in [0.25, 0.3) is 0 Å². The number of pyridine rings is 2. The van der Waals surface area contributed by atoms with Gasteiger partial charge in [0.15, 0.2) is 0 Å². The average molecular weight is 439 g/mol. The molecular weight excluding hydrogens is 408 g/mol. The van der Waals surface area contributed by atoms with Crippen LogP contribution in [0.25, 0.3) is 22.0 Å². The first kappa shape index (κ1) is 21.3. The molecule has 1 saturated heterocycles. The Hall–Kier alpha value is -3.51. The van der Waals surface area contributed by atoms with Gasteiger partial charge in [0, 0.05) is 67.0 Å². The molecule has 0 atom stereocenters. The quantitative estimate of drug-likeness (QED) is 0.583. The average Bonchev–Trinajstić information content (AvgIpc) is 3.39. The molecule has 2 aliphatic heterocycles. The molecule has 1 fully saturated rings. The Labute approximate surface area is 195 Å². The van der Waals surface area contributed by atoms with Crippen LogP contribution in [-0.2, 0) is 0 Å². The Kier molecular flexibility index (Phi) is 5.92. The summed E-state index contributed by atoms with van der Waals surface area (Å²) in [5, 5.41) is 5.65. The second-order valence-corrected chi connectivity index (χ2v) is 9.01. The van der Waals surface area contributed by atoms with E-state index in [1.807, 2.05) is 30.9 Å². The molecule has 3 aromatic rings. The van der Waals surface area contributed by atoms with Crippen LogP contribution in [0.5, 0.6) is 0 Å². The number of aliphatic imine (C=N–C) groups is 1. The minimum absolute atomic E-state index is 0.651. The summed E-state index contributed by atoms with van der Waals surface area (Å²) >= 11 is 0. The molecule has 33 heavy (non-hydrogen) atoms. The van der Waals surface area contributed by atoms with E-state index in [4.69, 9.17) is 0 Å². The SMILES string of the molecule is C=C(Nc1cc2cc(C3=CN=CC3)ccc2cn1)c1ccnc(N2CCC(N(C)C)CC2)c1. The first-order chi connectivity index (χ1) is 16.1. The summed E-state index contributed by atoms with van der Waals surface area (Å²) in [7, 11) is 4.33. The molecule has 1 N–H and O–H groups in total. The van der Waals surface area contributed by atoms with Crippen LogP contribution in [0.15, 0.2) is 66.6 Å². The van der Waals surface area contributed by atoms with E-state index in [0.717, 1.165) is 66.0 Å². The third-order valence-electron chi connectivity index (χ3n) is 6.63. The van der Waals surface area contributed by atoms with E-state index in [0.29, 0.717) is 6.04 Å². The van der Waals surface area contributed by atoms with Crippen molar-refractivity contribution in [3.63, 3.8) is 0 Å². The van der Waals surface area contributed by atoms with Gasteiger partial charge in [-0.15, -0.1) is 0 Å². The maximum atomic E-state index is 4.62. The lowest BCUT2D eigenvalue weighted by atomic mass is 10.0. The third kappa shape index (κ3) is 4.66. The number of rotatable bonds is 6. The number of fused-ring (bicyclic) bond motifs is 1. The van der Waals surface area contributed by atoms with Crippen LogP contribution in [0, 0.1) is 0 Å². The summed E-state index contributed by atoms with van der Waals surface area (Å²) in [4.78, 5) is 18.1. The molecule has 0 radical (unpaired) electrons. The molecule has 0 saturated carbocycles. The molecule has 5 rings (SSSR count). The highest BCUT2D eigenvalue weighted by molar-refractivity contribution is 5.91. The maximum Gasteiger partial charge on any atom is 0.130 e. The van der Waals surface area contributed by atoms with Crippen molar-refractivity contribution in [2.75, 3.05) is 37.4 Å². The standard InChI is InChI=1S/C27H30N6/c1-19(20-7-11-29-27(16-20)33-12-8-25(9-13-33)32(2)3)31-26-15-24-14-21(23-6-10-28-17-23)4-5-22(24)18-30-26/h4-5,7,10-11,14-18,25H,1,6,8-9,12-13H2,2-3H3,(H,30,31). The second-order valence-electron chi connectivity index (χ2n) is 9.01. The fourth-order valence-electron chi connectivity index (χ4n) is 4.57. The molecule has 6 nitrogen and oxygen atoms in total. The van der Waals surface area contributed by atoms with Crippen LogP contribution in [0.4, 0.5) is 11.6 Å². The van der Waals surface area contributed by atoms with Crippen LogP contribution in [0.2, 0.25) is 0 Å². The number of anilines is 2. The van der Waals surface area contributed by atoms with Gasteiger partial charge in [0.2, 0.25) is 0 Å². The van der Waals surface area contributed by atoms with Crippen LogP contribution in [0.3, 0.4) is 0 Å². The summed E-state index contributed by atoms with van der Waals surface area (Å²) in [6, 6.07) is 13.3. The minimum atomic E-state index is 0.651. The van der Waals surface area contributed by atoms with Gasteiger partial charge in [-0.25, -0.2) is 9.97 Å². The zero-order chi connectivity index (χ0) is 22.8. The summed E-state index contributed by atoms with van der Waals surface area (Å²) in [5.41, 5.74) is 4.29. The monoisotopic (exact) mass is 438 g/mol. The van der Waals surface area contributed by atoms with Gasteiger partial charge in [-0.2, -0.15) is 0 Å². The topological polar surface area (TPSA) is 56.7 Å². The number of hydrogen-bond donors (Lipinski definition) is 1. The number of hydrogen-bond acceptors (Lipinski definition) is 6. The molecule has 0 unspecified atom stereocenters. The van der Waals surface area contributed by atoms with Crippen molar-refractivity contribution in [1.29, 1.82) is 0 Å².